The Labute approximate surface area is 101 Å². The van der Waals surface area contributed by atoms with Crippen molar-refractivity contribution in [2.45, 2.75) is 31.0 Å². The molecule has 2 saturated heterocycles. The van der Waals surface area contributed by atoms with Crippen molar-refractivity contribution < 1.29 is 14.2 Å². The van der Waals surface area contributed by atoms with Gasteiger partial charge in [0.1, 0.15) is 18.3 Å². The van der Waals surface area contributed by atoms with Gasteiger partial charge in [-0.15, -0.1) is 0 Å². The first-order chi connectivity index (χ1) is 8.34. The van der Waals surface area contributed by atoms with Gasteiger partial charge in [-0.3, -0.25) is 0 Å². The van der Waals surface area contributed by atoms with Crippen molar-refractivity contribution >= 4 is 0 Å². The smallest absolute Gasteiger partial charge is 0.114 e. The van der Waals surface area contributed by atoms with E-state index in [1.54, 1.807) is 0 Å². The van der Waals surface area contributed by atoms with E-state index in [2.05, 4.69) is 12.1 Å². The summed E-state index contributed by atoms with van der Waals surface area (Å²) in [5.74, 6) is 0. The van der Waals surface area contributed by atoms with Gasteiger partial charge in [0.25, 0.3) is 0 Å². The van der Waals surface area contributed by atoms with Crippen molar-refractivity contribution in [2.75, 3.05) is 13.2 Å². The summed E-state index contributed by atoms with van der Waals surface area (Å²) in [6, 6.07) is 10.1. The molecular weight excluding hydrogens is 218 g/mol. The maximum absolute atomic E-state index is 5.88. The lowest BCUT2D eigenvalue weighted by Gasteiger charge is -2.16. The molecule has 4 nitrogen and oxygen atoms in total. The lowest BCUT2D eigenvalue weighted by Crippen LogP contribution is -2.37. The molecule has 92 valence electrons. The van der Waals surface area contributed by atoms with Crippen LogP contribution in [0.1, 0.15) is 5.56 Å². The Morgan fingerprint density at radius 3 is 2.71 bits per heavy atom. The molecule has 1 aromatic carbocycles. The van der Waals surface area contributed by atoms with Crippen LogP contribution in [0.25, 0.3) is 0 Å². The van der Waals surface area contributed by atoms with Gasteiger partial charge >= 0.3 is 0 Å². The lowest BCUT2D eigenvalue weighted by atomic mass is 10.1. The molecule has 0 aliphatic carbocycles. The number of ether oxygens (including phenoxy) is 3. The summed E-state index contributed by atoms with van der Waals surface area (Å²) in [5.41, 5.74) is 7.05. The second-order valence-electron chi connectivity index (χ2n) is 4.59. The van der Waals surface area contributed by atoms with Crippen molar-refractivity contribution in [3.8, 4) is 0 Å². The molecule has 2 fully saturated rings. The van der Waals surface area contributed by atoms with Gasteiger partial charge in [0.15, 0.2) is 0 Å². The van der Waals surface area contributed by atoms with Gasteiger partial charge in [-0.05, 0) is 5.56 Å². The summed E-state index contributed by atoms with van der Waals surface area (Å²) in [6.45, 7) is 1.74. The van der Waals surface area contributed by atoms with E-state index < -0.39 is 0 Å². The van der Waals surface area contributed by atoms with Crippen molar-refractivity contribution in [2.24, 2.45) is 5.73 Å². The Morgan fingerprint density at radius 1 is 1.12 bits per heavy atom. The molecular formula is C13H17NO3. The van der Waals surface area contributed by atoms with Gasteiger partial charge in [-0.2, -0.15) is 0 Å². The van der Waals surface area contributed by atoms with E-state index in [9.17, 15) is 0 Å². The van der Waals surface area contributed by atoms with Crippen LogP contribution in [0.4, 0.5) is 0 Å². The van der Waals surface area contributed by atoms with Gasteiger partial charge in [-0.1, -0.05) is 30.3 Å². The molecule has 3 rings (SSSR count). The molecule has 0 bridgehead atoms. The maximum atomic E-state index is 5.88. The third-order valence-corrected chi connectivity index (χ3v) is 3.35. The Balaban J connectivity index is 1.57. The molecule has 2 N–H and O–H groups in total. The van der Waals surface area contributed by atoms with Crippen LogP contribution in [0.15, 0.2) is 30.3 Å². The molecule has 4 heteroatoms. The first kappa shape index (κ1) is 11.2. The van der Waals surface area contributed by atoms with Crippen LogP contribution in [0.2, 0.25) is 0 Å². The fourth-order valence-corrected chi connectivity index (χ4v) is 2.41. The van der Waals surface area contributed by atoms with E-state index in [1.165, 1.54) is 5.56 Å². The number of rotatable bonds is 3. The summed E-state index contributed by atoms with van der Waals surface area (Å²) in [4.78, 5) is 0. The quantitative estimate of drug-likeness (QED) is 0.837. The standard InChI is InChI=1S/C13H17NO3/c14-10-7-16-13-11(8-17-12(10)13)15-6-9-4-2-1-3-5-9/h1-5,10-13H,6-8,14H2/t10-,11-,12+,13-/m0/s1. The summed E-state index contributed by atoms with van der Waals surface area (Å²) in [6.07, 6.45) is 0.0261. The minimum Gasteiger partial charge on any atom is -0.371 e. The van der Waals surface area contributed by atoms with Gasteiger partial charge in [0.05, 0.1) is 25.9 Å². The minimum absolute atomic E-state index is 0.00807. The zero-order chi connectivity index (χ0) is 11.7. The van der Waals surface area contributed by atoms with Crippen LogP contribution in [0.5, 0.6) is 0 Å². The highest BCUT2D eigenvalue weighted by Crippen LogP contribution is 2.28. The molecule has 0 spiro atoms. The van der Waals surface area contributed by atoms with Crippen molar-refractivity contribution in [3.63, 3.8) is 0 Å². The normalized spacial score (nSPS) is 36.1. The van der Waals surface area contributed by atoms with E-state index >= 15 is 0 Å². The Bertz CT molecular complexity index is 370. The van der Waals surface area contributed by atoms with Crippen molar-refractivity contribution in [1.29, 1.82) is 0 Å². The minimum atomic E-state index is -0.00896. The number of benzene rings is 1. The SMILES string of the molecule is N[C@H]1CO[C@@H]2[C@@H]1OC[C@@H]2OCc1ccccc1. The average molecular weight is 235 g/mol. The van der Waals surface area contributed by atoms with Crippen molar-refractivity contribution in [3.05, 3.63) is 35.9 Å². The number of hydrogen-bond donors (Lipinski definition) is 1. The van der Waals surface area contributed by atoms with Gasteiger partial charge in [0, 0.05) is 0 Å². The van der Waals surface area contributed by atoms with E-state index in [-0.39, 0.29) is 24.4 Å². The van der Waals surface area contributed by atoms with Crippen LogP contribution in [-0.4, -0.2) is 37.6 Å². The molecule has 17 heavy (non-hydrogen) atoms. The van der Waals surface area contributed by atoms with Crippen LogP contribution in [0, 0.1) is 0 Å². The predicted molar refractivity (Wildman–Crippen MR) is 62.5 cm³/mol. The van der Waals surface area contributed by atoms with Gasteiger partial charge in [0.2, 0.25) is 0 Å². The van der Waals surface area contributed by atoms with Crippen LogP contribution in [0.3, 0.4) is 0 Å². The topological polar surface area (TPSA) is 53.7 Å². The highest BCUT2D eigenvalue weighted by Gasteiger charge is 2.46. The fourth-order valence-electron chi connectivity index (χ4n) is 2.41. The molecule has 4 atom stereocenters. The summed E-state index contributed by atoms with van der Waals surface area (Å²) in [5, 5.41) is 0. The second kappa shape index (κ2) is 4.74. The number of nitrogens with two attached hydrogens (primary N) is 1. The third-order valence-electron chi connectivity index (χ3n) is 3.35. The van der Waals surface area contributed by atoms with E-state index in [1.807, 2.05) is 18.2 Å². The maximum Gasteiger partial charge on any atom is 0.114 e. The average Bonchev–Trinajstić information content (AvgIpc) is 2.92. The Hall–Kier alpha value is -0.940. The number of hydrogen-bond acceptors (Lipinski definition) is 4. The largest absolute Gasteiger partial charge is 0.371 e. The monoisotopic (exact) mass is 235 g/mol. The lowest BCUT2D eigenvalue weighted by molar-refractivity contribution is -0.0389. The van der Waals surface area contributed by atoms with Crippen LogP contribution in [-0.2, 0) is 20.8 Å². The first-order valence-electron chi connectivity index (χ1n) is 5.99. The Kier molecular flexibility index (Phi) is 3.11. The Morgan fingerprint density at radius 2 is 1.88 bits per heavy atom. The molecule has 0 amide bonds. The summed E-state index contributed by atoms with van der Waals surface area (Å²) < 4.78 is 17.1. The zero-order valence-electron chi connectivity index (χ0n) is 9.62. The zero-order valence-corrected chi connectivity index (χ0v) is 9.62. The number of fused-ring (bicyclic) bond motifs is 1. The molecule has 0 unspecified atom stereocenters. The molecule has 2 aliphatic rings. The van der Waals surface area contributed by atoms with E-state index in [0.717, 1.165) is 0 Å². The first-order valence-corrected chi connectivity index (χ1v) is 5.99. The van der Waals surface area contributed by atoms with E-state index in [0.29, 0.717) is 19.8 Å². The van der Waals surface area contributed by atoms with Gasteiger partial charge < -0.3 is 19.9 Å². The fraction of sp³-hybridized carbons (Fsp3) is 0.538. The molecule has 2 aliphatic heterocycles. The highest BCUT2D eigenvalue weighted by molar-refractivity contribution is 5.13. The highest BCUT2D eigenvalue weighted by atomic mass is 16.6. The summed E-state index contributed by atoms with van der Waals surface area (Å²) in [7, 11) is 0. The van der Waals surface area contributed by atoms with Gasteiger partial charge in [-0.25, -0.2) is 0 Å². The molecule has 0 saturated carbocycles. The predicted octanol–water partition coefficient (Wildman–Crippen LogP) is 0.697. The van der Waals surface area contributed by atoms with Crippen LogP contribution >= 0.6 is 0 Å². The second-order valence-corrected chi connectivity index (χ2v) is 4.59. The molecule has 0 radical (unpaired) electrons. The molecule has 1 aromatic rings. The molecule has 2 heterocycles. The van der Waals surface area contributed by atoms with Crippen molar-refractivity contribution in [1.82, 2.24) is 0 Å². The molecule has 0 aromatic heterocycles. The van der Waals surface area contributed by atoms with E-state index in [4.69, 9.17) is 19.9 Å². The van der Waals surface area contributed by atoms with Crippen LogP contribution < -0.4 is 5.73 Å². The summed E-state index contributed by atoms with van der Waals surface area (Å²) >= 11 is 0. The third kappa shape index (κ3) is 2.21.